The molecule has 0 aliphatic rings. The molecular formula is C16H27ClN2. The number of likely N-dealkylation sites (N-methyl/N-ethyl adjacent to an activating group) is 2. The summed E-state index contributed by atoms with van der Waals surface area (Å²) in [5.41, 5.74) is 1.34. The monoisotopic (exact) mass is 282 g/mol. The third-order valence-corrected chi connectivity index (χ3v) is 4.53. The predicted octanol–water partition coefficient (Wildman–Crippen LogP) is 4.11. The summed E-state index contributed by atoms with van der Waals surface area (Å²) in [7, 11) is 2.03. The van der Waals surface area contributed by atoms with Crippen LogP contribution in [0.3, 0.4) is 0 Å². The van der Waals surface area contributed by atoms with Gasteiger partial charge in [-0.15, -0.1) is 0 Å². The van der Waals surface area contributed by atoms with E-state index in [2.05, 4.69) is 50.0 Å². The molecule has 2 unspecified atom stereocenters. The second kappa shape index (κ2) is 7.28. The fraction of sp³-hybridized carbons (Fsp3) is 0.625. The molecule has 2 atom stereocenters. The molecule has 1 aromatic carbocycles. The van der Waals surface area contributed by atoms with Crippen molar-refractivity contribution in [2.45, 2.75) is 45.7 Å². The first kappa shape index (κ1) is 16.5. The zero-order valence-corrected chi connectivity index (χ0v) is 13.6. The summed E-state index contributed by atoms with van der Waals surface area (Å²) in [6, 6.07) is 8.46. The van der Waals surface area contributed by atoms with Crippen molar-refractivity contribution in [2.75, 3.05) is 20.1 Å². The average molecular weight is 283 g/mol. The molecule has 19 heavy (non-hydrogen) atoms. The molecule has 0 aliphatic heterocycles. The topological polar surface area (TPSA) is 15.3 Å². The van der Waals surface area contributed by atoms with Gasteiger partial charge in [-0.2, -0.15) is 0 Å². The Kier molecular flexibility index (Phi) is 6.31. The van der Waals surface area contributed by atoms with Gasteiger partial charge in [-0.1, -0.05) is 44.5 Å². The van der Waals surface area contributed by atoms with Gasteiger partial charge in [0.25, 0.3) is 0 Å². The Balaban J connectivity index is 3.18. The highest BCUT2D eigenvalue weighted by molar-refractivity contribution is 6.30. The Morgan fingerprint density at radius 2 is 1.89 bits per heavy atom. The van der Waals surface area contributed by atoms with E-state index in [4.69, 9.17) is 11.6 Å². The predicted molar refractivity (Wildman–Crippen MR) is 84.9 cm³/mol. The average Bonchev–Trinajstić information content (AvgIpc) is 2.41. The number of halogens is 1. The maximum Gasteiger partial charge on any atom is 0.0502 e. The zero-order valence-electron chi connectivity index (χ0n) is 12.8. The Bertz CT molecular complexity index is 390. The summed E-state index contributed by atoms with van der Waals surface area (Å²) >= 11 is 6.15. The van der Waals surface area contributed by atoms with Gasteiger partial charge >= 0.3 is 0 Å². The molecule has 0 heterocycles. The third kappa shape index (κ3) is 3.50. The lowest BCUT2D eigenvalue weighted by molar-refractivity contribution is 0.0728. The summed E-state index contributed by atoms with van der Waals surface area (Å²) in [6.07, 6.45) is 1.09. The van der Waals surface area contributed by atoms with E-state index in [1.54, 1.807) is 0 Å². The smallest absolute Gasteiger partial charge is 0.0502 e. The van der Waals surface area contributed by atoms with Crippen LogP contribution in [0.4, 0.5) is 0 Å². The molecule has 1 N–H and O–H groups in total. The largest absolute Gasteiger partial charge is 0.311 e. The lowest BCUT2D eigenvalue weighted by Gasteiger charge is -2.46. The van der Waals surface area contributed by atoms with Crippen molar-refractivity contribution in [3.63, 3.8) is 0 Å². The SMILES string of the molecule is CCN(CC)C(C)(CC)C(NC)c1cccc(Cl)c1. The fourth-order valence-electron chi connectivity index (χ4n) is 3.08. The molecule has 1 aromatic rings. The molecule has 0 radical (unpaired) electrons. The van der Waals surface area contributed by atoms with Crippen LogP contribution in [0.5, 0.6) is 0 Å². The fourth-order valence-corrected chi connectivity index (χ4v) is 3.28. The van der Waals surface area contributed by atoms with Crippen molar-refractivity contribution >= 4 is 11.6 Å². The Morgan fingerprint density at radius 3 is 2.32 bits per heavy atom. The van der Waals surface area contributed by atoms with Crippen molar-refractivity contribution < 1.29 is 0 Å². The van der Waals surface area contributed by atoms with Gasteiger partial charge < -0.3 is 5.32 Å². The van der Waals surface area contributed by atoms with E-state index in [1.165, 1.54) is 5.56 Å². The van der Waals surface area contributed by atoms with Gasteiger partial charge in [0, 0.05) is 10.6 Å². The van der Waals surface area contributed by atoms with Crippen LogP contribution in [0.15, 0.2) is 24.3 Å². The van der Waals surface area contributed by atoms with Crippen molar-refractivity contribution in [1.29, 1.82) is 0 Å². The third-order valence-electron chi connectivity index (χ3n) is 4.29. The molecule has 0 saturated heterocycles. The van der Waals surface area contributed by atoms with Crippen LogP contribution in [-0.4, -0.2) is 30.6 Å². The lowest BCUT2D eigenvalue weighted by atomic mass is 9.83. The first-order valence-electron chi connectivity index (χ1n) is 7.21. The quantitative estimate of drug-likeness (QED) is 0.810. The highest BCUT2D eigenvalue weighted by Crippen LogP contribution is 2.34. The van der Waals surface area contributed by atoms with Crippen LogP contribution in [0.25, 0.3) is 0 Å². The van der Waals surface area contributed by atoms with E-state index in [1.807, 2.05) is 19.2 Å². The minimum atomic E-state index is 0.0862. The number of benzene rings is 1. The van der Waals surface area contributed by atoms with Crippen LogP contribution in [0.2, 0.25) is 5.02 Å². The molecule has 108 valence electrons. The number of nitrogens with one attached hydrogen (secondary N) is 1. The number of rotatable bonds is 7. The van der Waals surface area contributed by atoms with Crippen molar-refractivity contribution in [1.82, 2.24) is 10.2 Å². The van der Waals surface area contributed by atoms with Gasteiger partial charge in [-0.3, -0.25) is 4.90 Å². The van der Waals surface area contributed by atoms with E-state index >= 15 is 0 Å². The van der Waals surface area contributed by atoms with E-state index in [0.717, 1.165) is 24.5 Å². The van der Waals surface area contributed by atoms with Crippen LogP contribution in [0, 0.1) is 0 Å². The molecule has 0 amide bonds. The molecule has 0 spiro atoms. The van der Waals surface area contributed by atoms with Crippen molar-refractivity contribution in [3.05, 3.63) is 34.9 Å². The van der Waals surface area contributed by atoms with Gasteiger partial charge in [-0.25, -0.2) is 0 Å². The summed E-state index contributed by atoms with van der Waals surface area (Å²) in [5, 5.41) is 4.29. The van der Waals surface area contributed by atoms with Gasteiger partial charge in [-0.05, 0) is 51.2 Å². The summed E-state index contributed by atoms with van der Waals surface area (Å²) in [5.74, 6) is 0. The van der Waals surface area contributed by atoms with E-state index in [9.17, 15) is 0 Å². The second-order valence-corrected chi connectivity index (χ2v) is 5.60. The first-order valence-corrected chi connectivity index (χ1v) is 7.59. The van der Waals surface area contributed by atoms with Crippen molar-refractivity contribution in [3.8, 4) is 0 Å². The molecule has 1 rings (SSSR count). The molecule has 0 saturated carbocycles. The van der Waals surface area contributed by atoms with Crippen LogP contribution < -0.4 is 5.32 Å². The molecule has 0 fully saturated rings. The van der Waals surface area contributed by atoms with Gasteiger partial charge in [0.15, 0.2) is 0 Å². The van der Waals surface area contributed by atoms with Gasteiger partial charge in [0.05, 0.1) is 6.04 Å². The Hall–Kier alpha value is -0.570. The highest BCUT2D eigenvalue weighted by Gasteiger charge is 2.37. The van der Waals surface area contributed by atoms with Crippen LogP contribution in [-0.2, 0) is 0 Å². The maximum absolute atomic E-state index is 6.15. The molecular weight excluding hydrogens is 256 g/mol. The zero-order chi connectivity index (χ0) is 14.5. The summed E-state index contributed by atoms with van der Waals surface area (Å²) in [4.78, 5) is 2.52. The van der Waals surface area contributed by atoms with Gasteiger partial charge in [0.1, 0.15) is 0 Å². The van der Waals surface area contributed by atoms with E-state index in [-0.39, 0.29) is 11.6 Å². The van der Waals surface area contributed by atoms with Gasteiger partial charge in [0.2, 0.25) is 0 Å². The summed E-state index contributed by atoms with van der Waals surface area (Å²) < 4.78 is 0. The Morgan fingerprint density at radius 1 is 1.26 bits per heavy atom. The molecule has 2 nitrogen and oxygen atoms in total. The highest BCUT2D eigenvalue weighted by atomic mass is 35.5. The second-order valence-electron chi connectivity index (χ2n) is 5.16. The van der Waals surface area contributed by atoms with E-state index < -0.39 is 0 Å². The number of hydrogen-bond donors (Lipinski definition) is 1. The number of nitrogens with zero attached hydrogens (tertiary/aromatic N) is 1. The van der Waals surface area contributed by atoms with Crippen LogP contribution >= 0.6 is 11.6 Å². The lowest BCUT2D eigenvalue weighted by Crippen LogP contribution is -2.53. The van der Waals surface area contributed by atoms with Crippen molar-refractivity contribution in [2.24, 2.45) is 0 Å². The minimum absolute atomic E-state index is 0.0862. The maximum atomic E-state index is 6.15. The molecule has 0 aromatic heterocycles. The number of hydrogen-bond acceptors (Lipinski definition) is 2. The normalized spacial score (nSPS) is 16.4. The Labute approximate surface area is 123 Å². The molecule has 3 heteroatoms. The summed E-state index contributed by atoms with van der Waals surface area (Å²) in [6.45, 7) is 11.2. The molecule has 0 aliphatic carbocycles. The standard InChI is InChI=1S/C16H27ClN2/c1-6-16(4,19(7-2)8-3)15(18-5)13-10-9-11-14(17)12-13/h9-12,15,18H,6-8H2,1-5H3. The molecule has 0 bridgehead atoms. The first-order chi connectivity index (χ1) is 9.03. The minimum Gasteiger partial charge on any atom is -0.311 e. The van der Waals surface area contributed by atoms with Crippen LogP contribution in [0.1, 0.15) is 45.7 Å². The van der Waals surface area contributed by atoms with E-state index in [0.29, 0.717) is 0 Å².